The zero-order valence-corrected chi connectivity index (χ0v) is 32.2. The molecule has 0 aliphatic rings. The summed E-state index contributed by atoms with van der Waals surface area (Å²) < 4.78 is 11.1. The molecule has 0 atom stereocenters. The summed E-state index contributed by atoms with van der Waals surface area (Å²) in [7, 11) is 0. The number of hydrogen-bond acceptors (Lipinski definition) is 4. The molecule has 0 aromatic rings. The zero-order chi connectivity index (χ0) is 34.5. The Morgan fingerprint density at radius 2 is 0.617 bits per heavy atom. The van der Waals surface area contributed by atoms with Crippen LogP contribution in [-0.2, 0) is 9.47 Å². The molecular formula is C41H82N2O4. The summed E-state index contributed by atoms with van der Waals surface area (Å²) in [5.41, 5.74) is -0.348. The van der Waals surface area contributed by atoms with Gasteiger partial charge in [0.2, 0.25) is 0 Å². The molecule has 0 aromatic heterocycles. The van der Waals surface area contributed by atoms with Crippen LogP contribution in [0.1, 0.15) is 220 Å². The summed E-state index contributed by atoms with van der Waals surface area (Å²) in [5, 5.41) is 5.80. The number of ether oxygens (including phenoxy) is 2. The molecule has 0 aliphatic heterocycles. The molecule has 0 unspecified atom stereocenters. The average Bonchev–Trinajstić information content (AvgIpc) is 3.08. The van der Waals surface area contributed by atoms with E-state index >= 15 is 0 Å². The van der Waals surface area contributed by atoms with E-state index in [0.717, 1.165) is 38.5 Å². The van der Waals surface area contributed by atoms with Gasteiger partial charge in [0.1, 0.15) is 13.2 Å². The largest absolute Gasteiger partial charge is 0.449 e. The third kappa shape index (κ3) is 31.6. The van der Waals surface area contributed by atoms with Crippen molar-refractivity contribution >= 4 is 12.2 Å². The van der Waals surface area contributed by atoms with Gasteiger partial charge in [-0.15, -0.1) is 0 Å². The lowest BCUT2D eigenvalue weighted by molar-refractivity contribution is 0.0210. The smallest absolute Gasteiger partial charge is 0.407 e. The van der Waals surface area contributed by atoms with E-state index in [1.807, 2.05) is 0 Å². The minimum Gasteiger partial charge on any atom is -0.449 e. The van der Waals surface area contributed by atoms with Crippen LogP contribution in [0.5, 0.6) is 0 Å². The van der Waals surface area contributed by atoms with Gasteiger partial charge in [0, 0.05) is 18.5 Å². The number of unbranched alkanes of at least 4 members (excludes halogenated alkanes) is 26. The van der Waals surface area contributed by atoms with Crippen LogP contribution in [0.2, 0.25) is 0 Å². The third-order valence-electron chi connectivity index (χ3n) is 10.1. The van der Waals surface area contributed by atoms with Gasteiger partial charge in [-0.3, -0.25) is 0 Å². The monoisotopic (exact) mass is 667 g/mol. The number of alkyl carbamates (subject to hydrolysis) is 2. The number of hydrogen-bond donors (Lipinski definition) is 2. The van der Waals surface area contributed by atoms with Crippen LogP contribution in [0.25, 0.3) is 0 Å². The normalized spacial score (nSPS) is 11.5. The Morgan fingerprint density at radius 3 is 0.851 bits per heavy atom. The first-order chi connectivity index (χ1) is 23.0. The molecule has 0 heterocycles. The Hall–Kier alpha value is -1.46. The van der Waals surface area contributed by atoms with E-state index in [-0.39, 0.29) is 30.8 Å². The first kappa shape index (κ1) is 45.5. The third-order valence-corrected chi connectivity index (χ3v) is 10.1. The fraction of sp³-hybridized carbons (Fsp3) is 0.951. The second-order valence-corrected chi connectivity index (χ2v) is 14.4. The maximum Gasteiger partial charge on any atom is 0.407 e. The summed E-state index contributed by atoms with van der Waals surface area (Å²) in [6.07, 6.45) is 37.9. The lowest BCUT2D eigenvalue weighted by Crippen LogP contribution is -2.37. The molecule has 0 saturated carbocycles. The quantitative estimate of drug-likeness (QED) is 0.0652. The molecule has 6 nitrogen and oxygen atoms in total. The van der Waals surface area contributed by atoms with Crippen LogP contribution in [0.3, 0.4) is 0 Å². The molecule has 0 aliphatic carbocycles. The second-order valence-electron chi connectivity index (χ2n) is 14.4. The fourth-order valence-corrected chi connectivity index (χ4v) is 6.26. The Morgan fingerprint density at radius 1 is 0.383 bits per heavy atom. The molecule has 0 saturated heterocycles. The summed E-state index contributed by atoms with van der Waals surface area (Å²) in [6, 6.07) is 0. The van der Waals surface area contributed by atoms with Crippen molar-refractivity contribution in [2.45, 2.75) is 220 Å². The number of rotatable bonds is 36. The molecule has 0 rings (SSSR count). The van der Waals surface area contributed by atoms with E-state index < -0.39 is 0 Å². The maximum absolute atomic E-state index is 12.3. The van der Waals surface area contributed by atoms with Crippen molar-refractivity contribution in [2.75, 3.05) is 26.3 Å². The Labute approximate surface area is 293 Å². The Kier molecular flexibility index (Phi) is 34.7. The van der Waals surface area contributed by atoms with Gasteiger partial charge in [-0.1, -0.05) is 195 Å². The van der Waals surface area contributed by atoms with E-state index in [9.17, 15) is 9.59 Å². The molecular weight excluding hydrogens is 584 g/mol. The Bertz CT molecular complexity index is 616. The highest BCUT2D eigenvalue weighted by Gasteiger charge is 2.30. The number of amides is 2. The summed E-state index contributed by atoms with van der Waals surface area (Å²) in [5.74, 6) is 0. The van der Waals surface area contributed by atoms with E-state index in [1.165, 1.54) is 154 Å². The van der Waals surface area contributed by atoms with E-state index in [2.05, 4.69) is 38.3 Å². The van der Waals surface area contributed by atoms with E-state index in [4.69, 9.17) is 9.47 Å². The van der Waals surface area contributed by atoms with Gasteiger partial charge in [0.05, 0.1) is 0 Å². The molecule has 0 bridgehead atoms. The van der Waals surface area contributed by atoms with Crippen LogP contribution in [0.15, 0.2) is 0 Å². The highest BCUT2D eigenvalue weighted by molar-refractivity contribution is 5.67. The predicted molar refractivity (Wildman–Crippen MR) is 202 cm³/mol. The average molecular weight is 667 g/mol. The standard InChI is InChI=1S/C41H82N2O4/c1-5-9-11-13-15-17-19-21-23-25-27-29-31-33-35-42-39(44)46-37-41(7-3,8-4)38-47-40(45)43-36-34-32-30-28-26-24-22-20-18-16-14-12-10-6-2/h5-38H2,1-4H3,(H,42,44)(H,43,45). The van der Waals surface area contributed by atoms with Crippen LogP contribution in [-0.4, -0.2) is 38.5 Å². The topological polar surface area (TPSA) is 76.7 Å². The number of nitrogens with one attached hydrogen (secondary N) is 2. The maximum atomic E-state index is 12.3. The highest BCUT2D eigenvalue weighted by Crippen LogP contribution is 2.27. The lowest BCUT2D eigenvalue weighted by atomic mass is 9.84. The zero-order valence-electron chi connectivity index (χ0n) is 32.2. The molecule has 2 N–H and O–H groups in total. The van der Waals surface area contributed by atoms with Gasteiger partial charge in [-0.05, 0) is 25.7 Å². The van der Waals surface area contributed by atoms with E-state index in [0.29, 0.717) is 13.1 Å². The molecule has 0 fully saturated rings. The summed E-state index contributed by atoms with van der Waals surface area (Å²) >= 11 is 0. The predicted octanol–water partition coefficient (Wildman–Crippen LogP) is 13.2. The van der Waals surface area contributed by atoms with E-state index in [1.54, 1.807) is 0 Å². The van der Waals surface area contributed by atoms with Crippen LogP contribution in [0.4, 0.5) is 9.59 Å². The molecule has 0 spiro atoms. The molecule has 280 valence electrons. The minimum absolute atomic E-state index is 0.261. The number of carbonyl (C=O) groups is 2. The molecule has 2 amide bonds. The molecule has 6 heteroatoms. The molecule has 0 radical (unpaired) electrons. The lowest BCUT2D eigenvalue weighted by Gasteiger charge is -2.30. The van der Waals surface area contributed by atoms with Crippen molar-refractivity contribution < 1.29 is 19.1 Å². The van der Waals surface area contributed by atoms with Gasteiger partial charge >= 0.3 is 12.2 Å². The van der Waals surface area contributed by atoms with Crippen LogP contribution >= 0.6 is 0 Å². The highest BCUT2D eigenvalue weighted by atomic mass is 16.6. The van der Waals surface area contributed by atoms with Gasteiger partial charge in [0.25, 0.3) is 0 Å². The van der Waals surface area contributed by atoms with Gasteiger partial charge < -0.3 is 20.1 Å². The summed E-state index contributed by atoms with van der Waals surface area (Å²) in [4.78, 5) is 24.6. The van der Waals surface area contributed by atoms with Crippen molar-refractivity contribution in [3.05, 3.63) is 0 Å². The first-order valence-electron chi connectivity index (χ1n) is 20.8. The van der Waals surface area contributed by atoms with Crippen molar-refractivity contribution in [2.24, 2.45) is 5.41 Å². The van der Waals surface area contributed by atoms with Crippen molar-refractivity contribution in [1.82, 2.24) is 10.6 Å². The second kappa shape index (κ2) is 35.8. The first-order valence-corrected chi connectivity index (χ1v) is 20.8. The Balaban J connectivity index is 3.72. The van der Waals surface area contributed by atoms with Crippen molar-refractivity contribution in [3.63, 3.8) is 0 Å². The summed E-state index contributed by atoms with van der Waals surface area (Å²) in [6.45, 7) is 10.5. The minimum atomic E-state index is -0.367. The van der Waals surface area contributed by atoms with Gasteiger partial charge in [-0.2, -0.15) is 0 Å². The fourth-order valence-electron chi connectivity index (χ4n) is 6.26. The van der Waals surface area contributed by atoms with Gasteiger partial charge in [-0.25, -0.2) is 9.59 Å². The van der Waals surface area contributed by atoms with Crippen molar-refractivity contribution in [1.29, 1.82) is 0 Å². The number of carbonyl (C=O) groups excluding carboxylic acids is 2. The van der Waals surface area contributed by atoms with Crippen LogP contribution in [0, 0.1) is 5.41 Å². The van der Waals surface area contributed by atoms with Crippen molar-refractivity contribution in [3.8, 4) is 0 Å². The van der Waals surface area contributed by atoms with Gasteiger partial charge in [0.15, 0.2) is 0 Å². The SMILES string of the molecule is CCCCCCCCCCCCCCCCNC(=O)OCC(CC)(CC)COC(=O)NCCCCCCCCCCCCCCCC. The molecule has 47 heavy (non-hydrogen) atoms. The molecule has 0 aromatic carbocycles. The van der Waals surface area contributed by atoms with Crippen LogP contribution < -0.4 is 10.6 Å².